The van der Waals surface area contributed by atoms with E-state index in [0.717, 1.165) is 5.69 Å². The van der Waals surface area contributed by atoms with Crippen LogP contribution in [0.1, 0.15) is 34.0 Å². The predicted octanol–water partition coefficient (Wildman–Crippen LogP) is 4.38. The van der Waals surface area contributed by atoms with Crippen LogP contribution in [0.3, 0.4) is 0 Å². The summed E-state index contributed by atoms with van der Waals surface area (Å²) in [6, 6.07) is 21.5. The molecule has 1 aromatic heterocycles. The second kappa shape index (κ2) is 7.87. The number of hydrogen-bond donors (Lipinski definition) is 1. The summed E-state index contributed by atoms with van der Waals surface area (Å²) in [5.74, 6) is -0.202. The van der Waals surface area contributed by atoms with Gasteiger partial charge in [-0.2, -0.15) is 5.26 Å². The fourth-order valence-corrected chi connectivity index (χ4v) is 3.06. The van der Waals surface area contributed by atoms with Gasteiger partial charge in [-0.25, -0.2) is 0 Å². The first kappa shape index (κ1) is 17.7. The van der Waals surface area contributed by atoms with Gasteiger partial charge < -0.3 is 9.67 Å². The number of carbonyl (C=O) groups is 1. The summed E-state index contributed by atoms with van der Waals surface area (Å²) in [6.07, 6.45) is 0.756. The predicted molar refractivity (Wildman–Crippen MR) is 102 cm³/mol. The van der Waals surface area contributed by atoms with Crippen LogP contribution in [0, 0.1) is 16.0 Å². The maximum Gasteiger partial charge on any atom is 0.165 e. The molecule has 1 heterocycles. The van der Waals surface area contributed by atoms with E-state index >= 15 is 0 Å². The molecule has 0 bridgehead atoms. The molecule has 0 saturated heterocycles. The van der Waals surface area contributed by atoms with E-state index in [4.69, 9.17) is 17.5 Å². The number of hydrogen-bond acceptors (Lipinski definition) is 4. The molecule has 1 unspecified atom stereocenters. The lowest BCUT2D eigenvalue weighted by molar-refractivity contribution is 0.0879. The SMILES string of the molecule is N#Cc1ccc(C(=O)CC(O)c2cccn(-c3ccccc3)c2=S)cc1. The van der Waals surface area contributed by atoms with Crippen molar-refractivity contribution in [2.75, 3.05) is 0 Å². The van der Waals surface area contributed by atoms with Crippen molar-refractivity contribution < 1.29 is 9.90 Å². The summed E-state index contributed by atoms with van der Waals surface area (Å²) in [5, 5.41) is 19.4. The molecule has 0 aliphatic carbocycles. The highest BCUT2D eigenvalue weighted by molar-refractivity contribution is 7.71. The fraction of sp³-hybridized carbons (Fsp3) is 0.0952. The van der Waals surface area contributed by atoms with Gasteiger partial charge in [0.1, 0.15) is 4.64 Å². The van der Waals surface area contributed by atoms with Gasteiger partial charge in [-0.3, -0.25) is 4.79 Å². The lowest BCUT2D eigenvalue weighted by atomic mass is 10.0. The van der Waals surface area contributed by atoms with Gasteiger partial charge in [-0.15, -0.1) is 0 Å². The van der Waals surface area contributed by atoms with Crippen LogP contribution in [0.25, 0.3) is 5.69 Å². The number of aliphatic hydroxyl groups is 1. The molecule has 3 aromatic rings. The highest BCUT2D eigenvalue weighted by atomic mass is 32.1. The van der Waals surface area contributed by atoms with Gasteiger partial charge in [0.2, 0.25) is 0 Å². The smallest absolute Gasteiger partial charge is 0.165 e. The number of carbonyl (C=O) groups excluding carboxylic acids is 1. The Hall–Kier alpha value is -3.07. The Kier molecular flexibility index (Phi) is 5.37. The molecule has 5 heteroatoms. The third kappa shape index (κ3) is 3.77. The standard InChI is InChI=1S/C21H16N2O2S/c22-14-15-8-10-16(11-9-15)19(24)13-20(25)18-7-4-12-23(21(18)26)17-5-2-1-3-6-17/h1-12,20,25H,13H2. The van der Waals surface area contributed by atoms with Crippen LogP contribution >= 0.6 is 12.2 Å². The first-order valence-electron chi connectivity index (χ1n) is 8.08. The minimum atomic E-state index is -0.998. The van der Waals surface area contributed by atoms with Gasteiger partial charge in [0.15, 0.2) is 5.78 Å². The van der Waals surface area contributed by atoms with Crippen molar-refractivity contribution in [3.8, 4) is 11.8 Å². The Balaban J connectivity index is 1.84. The van der Waals surface area contributed by atoms with Crippen LogP contribution in [-0.2, 0) is 0 Å². The van der Waals surface area contributed by atoms with Crippen LogP contribution in [0.4, 0.5) is 0 Å². The number of Topliss-reactive ketones (excluding diaryl/α,β-unsaturated/α-hetero) is 1. The van der Waals surface area contributed by atoms with E-state index in [2.05, 4.69) is 0 Å². The Labute approximate surface area is 156 Å². The highest BCUT2D eigenvalue weighted by Crippen LogP contribution is 2.22. The molecule has 0 radical (unpaired) electrons. The van der Waals surface area contributed by atoms with Crippen molar-refractivity contribution in [3.05, 3.63) is 94.3 Å². The lowest BCUT2D eigenvalue weighted by Gasteiger charge is -2.14. The molecule has 128 valence electrons. The topological polar surface area (TPSA) is 66.0 Å². The summed E-state index contributed by atoms with van der Waals surface area (Å²) in [5.41, 5.74) is 2.38. The van der Waals surface area contributed by atoms with Gasteiger partial charge in [-0.1, -0.05) is 48.6 Å². The van der Waals surface area contributed by atoms with Crippen LogP contribution in [0.5, 0.6) is 0 Å². The molecule has 0 aliphatic rings. The minimum Gasteiger partial charge on any atom is -0.388 e. The number of pyridine rings is 1. The molecule has 1 atom stereocenters. The van der Waals surface area contributed by atoms with E-state index < -0.39 is 6.10 Å². The van der Waals surface area contributed by atoms with Crippen molar-refractivity contribution >= 4 is 18.0 Å². The first-order valence-corrected chi connectivity index (χ1v) is 8.49. The van der Waals surface area contributed by atoms with E-state index in [0.29, 0.717) is 21.3 Å². The number of nitriles is 1. The molecule has 0 spiro atoms. The van der Waals surface area contributed by atoms with Crippen molar-refractivity contribution in [2.24, 2.45) is 0 Å². The van der Waals surface area contributed by atoms with Crippen molar-refractivity contribution in [2.45, 2.75) is 12.5 Å². The third-order valence-electron chi connectivity index (χ3n) is 4.08. The number of aromatic nitrogens is 1. The summed E-state index contributed by atoms with van der Waals surface area (Å²) < 4.78 is 2.28. The molecule has 26 heavy (non-hydrogen) atoms. The Morgan fingerprint density at radius 3 is 2.42 bits per heavy atom. The lowest BCUT2D eigenvalue weighted by Crippen LogP contribution is -2.10. The summed E-state index contributed by atoms with van der Waals surface area (Å²) in [7, 11) is 0. The molecular formula is C21H16N2O2S. The Morgan fingerprint density at radius 2 is 1.77 bits per heavy atom. The Morgan fingerprint density at radius 1 is 1.08 bits per heavy atom. The largest absolute Gasteiger partial charge is 0.388 e. The van der Waals surface area contributed by atoms with E-state index in [1.54, 1.807) is 41.0 Å². The zero-order chi connectivity index (χ0) is 18.5. The van der Waals surface area contributed by atoms with Gasteiger partial charge in [0, 0.05) is 29.4 Å². The minimum absolute atomic E-state index is 0.0751. The molecule has 1 N–H and O–H groups in total. The average Bonchev–Trinajstić information content (AvgIpc) is 2.68. The summed E-state index contributed by atoms with van der Waals surface area (Å²) in [6.45, 7) is 0. The van der Waals surface area contributed by atoms with Crippen LogP contribution < -0.4 is 0 Å². The molecule has 0 saturated carbocycles. The van der Waals surface area contributed by atoms with Gasteiger partial charge in [-0.05, 0) is 30.3 Å². The normalized spacial score (nSPS) is 11.5. The number of aliphatic hydroxyl groups excluding tert-OH is 1. The molecular weight excluding hydrogens is 344 g/mol. The number of rotatable bonds is 5. The van der Waals surface area contributed by atoms with Crippen LogP contribution in [0.2, 0.25) is 0 Å². The zero-order valence-electron chi connectivity index (χ0n) is 13.9. The Bertz CT molecular complexity index is 1020. The second-order valence-electron chi connectivity index (χ2n) is 5.81. The number of benzene rings is 2. The van der Waals surface area contributed by atoms with Gasteiger partial charge in [0.05, 0.1) is 17.7 Å². The quantitative estimate of drug-likeness (QED) is 0.541. The summed E-state index contributed by atoms with van der Waals surface area (Å²) in [4.78, 5) is 12.4. The van der Waals surface area contributed by atoms with Crippen molar-refractivity contribution in [1.29, 1.82) is 5.26 Å². The van der Waals surface area contributed by atoms with E-state index in [1.165, 1.54) is 0 Å². The second-order valence-corrected chi connectivity index (χ2v) is 6.19. The molecule has 2 aromatic carbocycles. The van der Waals surface area contributed by atoms with E-state index in [1.807, 2.05) is 42.6 Å². The van der Waals surface area contributed by atoms with Crippen LogP contribution in [0.15, 0.2) is 72.9 Å². The number of para-hydroxylation sites is 1. The molecule has 0 fully saturated rings. The van der Waals surface area contributed by atoms with Gasteiger partial charge >= 0.3 is 0 Å². The van der Waals surface area contributed by atoms with Crippen LogP contribution in [-0.4, -0.2) is 15.5 Å². The molecule has 0 amide bonds. The van der Waals surface area contributed by atoms with Crippen molar-refractivity contribution in [3.63, 3.8) is 0 Å². The molecule has 3 rings (SSSR count). The zero-order valence-corrected chi connectivity index (χ0v) is 14.7. The average molecular weight is 360 g/mol. The number of ketones is 1. The first-order chi connectivity index (χ1) is 12.6. The fourth-order valence-electron chi connectivity index (χ4n) is 2.69. The maximum absolute atomic E-state index is 12.4. The number of nitrogens with zero attached hydrogens (tertiary/aromatic N) is 2. The third-order valence-corrected chi connectivity index (χ3v) is 4.52. The highest BCUT2D eigenvalue weighted by Gasteiger charge is 2.17. The van der Waals surface area contributed by atoms with Gasteiger partial charge in [0.25, 0.3) is 0 Å². The van der Waals surface area contributed by atoms with E-state index in [-0.39, 0.29) is 12.2 Å². The molecule has 0 aliphatic heterocycles. The van der Waals surface area contributed by atoms with E-state index in [9.17, 15) is 9.90 Å². The summed E-state index contributed by atoms with van der Waals surface area (Å²) >= 11 is 5.51. The van der Waals surface area contributed by atoms with Crippen molar-refractivity contribution in [1.82, 2.24) is 4.57 Å². The maximum atomic E-state index is 12.4. The molecule has 4 nitrogen and oxygen atoms in total. The monoisotopic (exact) mass is 360 g/mol.